The van der Waals surface area contributed by atoms with E-state index in [2.05, 4.69) is 57.4 Å². The summed E-state index contributed by atoms with van der Waals surface area (Å²) in [5.74, 6) is 0.848. The van der Waals surface area contributed by atoms with Crippen LogP contribution >= 0.6 is 0 Å². The molecule has 17 heavy (non-hydrogen) atoms. The second kappa shape index (κ2) is 4.81. The Morgan fingerprint density at radius 1 is 1.12 bits per heavy atom. The van der Waals surface area contributed by atoms with Gasteiger partial charge < -0.3 is 5.32 Å². The summed E-state index contributed by atoms with van der Waals surface area (Å²) in [6.45, 7) is 6.80. The molecule has 1 N–H and O–H groups in total. The van der Waals surface area contributed by atoms with Gasteiger partial charge in [0.15, 0.2) is 0 Å². The predicted molar refractivity (Wildman–Crippen MR) is 74.3 cm³/mol. The largest absolute Gasteiger partial charge is 0.313 e. The van der Waals surface area contributed by atoms with Gasteiger partial charge in [-0.05, 0) is 42.3 Å². The van der Waals surface area contributed by atoms with Gasteiger partial charge >= 0.3 is 0 Å². The Bertz CT molecular complexity index is 354. The van der Waals surface area contributed by atoms with Crippen LogP contribution in [0.3, 0.4) is 0 Å². The summed E-state index contributed by atoms with van der Waals surface area (Å²) in [4.78, 5) is 0. The first-order valence-electron chi connectivity index (χ1n) is 6.80. The first kappa shape index (κ1) is 12.6. The zero-order valence-corrected chi connectivity index (χ0v) is 11.6. The molecule has 1 unspecified atom stereocenters. The van der Waals surface area contributed by atoms with Crippen molar-refractivity contribution in [1.29, 1.82) is 0 Å². The van der Waals surface area contributed by atoms with Crippen molar-refractivity contribution in [2.75, 3.05) is 7.05 Å². The molecule has 1 atom stereocenters. The molecule has 1 aromatic rings. The van der Waals surface area contributed by atoms with Crippen molar-refractivity contribution in [3.63, 3.8) is 0 Å². The van der Waals surface area contributed by atoms with Crippen LogP contribution in [0.4, 0.5) is 0 Å². The molecule has 94 valence electrons. The molecule has 2 rings (SSSR count). The topological polar surface area (TPSA) is 12.0 Å². The molecule has 0 radical (unpaired) electrons. The second-order valence-corrected chi connectivity index (χ2v) is 6.33. The van der Waals surface area contributed by atoms with Gasteiger partial charge in [-0.25, -0.2) is 0 Å². The molecular formula is C16H25N. The summed E-state index contributed by atoms with van der Waals surface area (Å²) in [5, 5.41) is 3.48. The van der Waals surface area contributed by atoms with Crippen LogP contribution in [0.15, 0.2) is 24.3 Å². The average molecular weight is 231 g/mol. The zero-order chi connectivity index (χ0) is 12.5. The summed E-state index contributed by atoms with van der Waals surface area (Å²) in [7, 11) is 2.08. The Kier molecular flexibility index (Phi) is 3.58. The van der Waals surface area contributed by atoms with Crippen LogP contribution in [-0.2, 0) is 5.41 Å². The van der Waals surface area contributed by atoms with E-state index in [1.54, 1.807) is 0 Å². The van der Waals surface area contributed by atoms with Gasteiger partial charge in [-0.15, -0.1) is 0 Å². The fourth-order valence-corrected chi connectivity index (χ4v) is 2.64. The molecular weight excluding hydrogens is 206 g/mol. The molecule has 1 aromatic carbocycles. The van der Waals surface area contributed by atoms with E-state index in [0.29, 0.717) is 6.04 Å². The minimum absolute atomic E-state index is 0.254. The molecule has 1 aliphatic carbocycles. The van der Waals surface area contributed by atoms with E-state index < -0.39 is 0 Å². The fraction of sp³-hybridized carbons (Fsp3) is 0.625. The molecule has 0 saturated heterocycles. The summed E-state index contributed by atoms with van der Waals surface area (Å²) in [6, 6.07) is 9.74. The molecule has 1 nitrogen and oxygen atoms in total. The SMILES string of the molecule is CNC(c1ccc(C(C)(C)C)cc1)C1CCC1. The number of hydrogen-bond donors (Lipinski definition) is 1. The summed E-state index contributed by atoms with van der Waals surface area (Å²) >= 11 is 0. The lowest BCUT2D eigenvalue weighted by Gasteiger charge is -2.34. The quantitative estimate of drug-likeness (QED) is 0.827. The van der Waals surface area contributed by atoms with Gasteiger partial charge in [-0.3, -0.25) is 0 Å². The molecule has 0 spiro atoms. The lowest BCUT2D eigenvalue weighted by atomic mass is 9.76. The highest BCUT2D eigenvalue weighted by Crippen LogP contribution is 2.37. The minimum atomic E-state index is 0.254. The third kappa shape index (κ3) is 2.71. The number of nitrogens with one attached hydrogen (secondary N) is 1. The molecule has 0 aliphatic heterocycles. The Morgan fingerprint density at radius 2 is 1.71 bits per heavy atom. The minimum Gasteiger partial charge on any atom is -0.313 e. The first-order valence-corrected chi connectivity index (χ1v) is 6.80. The van der Waals surface area contributed by atoms with E-state index in [4.69, 9.17) is 0 Å². The van der Waals surface area contributed by atoms with Gasteiger partial charge in [0.2, 0.25) is 0 Å². The lowest BCUT2D eigenvalue weighted by molar-refractivity contribution is 0.239. The van der Waals surface area contributed by atoms with Crippen LogP contribution in [0.25, 0.3) is 0 Å². The summed E-state index contributed by atoms with van der Waals surface area (Å²) in [5.41, 5.74) is 3.12. The standard InChI is InChI=1S/C16H25N/c1-16(2,3)14-10-8-13(9-11-14)15(17-4)12-6-5-7-12/h8-12,15,17H,5-7H2,1-4H3. The van der Waals surface area contributed by atoms with Crippen LogP contribution in [-0.4, -0.2) is 7.05 Å². The zero-order valence-electron chi connectivity index (χ0n) is 11.6. The van der Waals surface area contributed by atoms with Crippen molar-refractivity contribution in [3.8, 4) is 0 Å². The van der Waals surface area contributed by atoms with Crippen LogP contribution in [0, 0.1) is 5.92 Å². The third-order valence-electron chi connectivity index (χ3n) is 4.07. The first-order chi connectivity index (χ1) is 8.02. The van der Waals surface area contributed by atoms with E-state index in [0.717, 1.165) is 5.92 Å². The van der Waals surface area contributed by atoms with Crippen LogP contribution in [0.5, 0.6) is 0 Å². The molecule has 0 aromatic heterocycles. The Morgan fingerprint density at radius 3 is 2.06 bits per heavy atom. The van der Waals surface area contributed by atoms with Gasteiger partial charge in [0, 0.05) is 6.04 Å². The maximum atomic E-state index is 3.48. The van der Waals surface area contributed by atoms with Crippen molar-refractivity contribution in [2.45, 2.75) is 51.5 Å². The van der Waals surface area contributed by atoms with Crippen molar-refractivity contribution in [3.05, 3.63) is 35.4 Å². The maximum absolute atomic E-state index is 3.48. The fourth-order valence-electron chi connectivity index (χ4n) is 2.64. The predicted octanol–water partition coefficient (Wildman–Crippen LogP) is 4.04. The van der Waals surface area contributed by atoms with Gasteiger partial charge in [0.05, 0.1) is 0 Å². The maximum Gasteiger partial charge on any atom is 0.0346 e. The molecule has 1 heteroatoms. The second-order valence-electron chi connectivity index (χ2n) is 6.33. The van der Waals surface area contributed by atoms with Gasteiger partial charge in [0.1, 0.15) is 0 Å². The van der Waals surface area contributed by atoms with Crippen molar-refractivity contribution >= 4 is 0 Å². The molecule has 0 amide bonds. The monoisotopic (exact) mass is 231 g/mol. The van der Waals surface area contributed by atoms with Gasteiger partial charge in [0.25, 0.3) is 0 Å². The number of benzene rings is 1. The van der Waals surface area contributed by atoms with E-state index in [9.17, 15) is 0 Å². The van der Waals surface area contributed by atoms with Crippen LogP contribution < -0.4 is 5.32 Å². The van der Waals surface area contributed by atoms with E-state index in [1.807, 2.05) is 0 Å². The molecule has 1 fully saturated rings. The van der Waals surface area contributed by atoms with Gasteiger partial charge in [-0.2, -0.15) is 0 Å². The Hall–Kier alpha value is -0.820. The van der Waals surface area contributed by atoms with Gasteiger partial charge in [-0.1, -0.05) is 51.5 Å². The smallest absolute Gasteiger partial charge is 0.0346 e. The number of hydrogen-bond acceptors (Lipinski definition) is 1. The van der Waals surface area contributed by atoms with Crippen LogP contribution in [0.2, 0.25) is 0 Å². The average Bonchev–Trinajstić information content (AvgIpc) is 2.22. The summed E-state index contributed by atoms with van der Waals surface area (Å²) in [6.07, 6.45) is 4.17. The Balaban J connectivity index is 2.16. The van der Waals surface area contributed by atoms with Crippen molar-refractivity contribution in [2.24, 2.45) is 5.92 Å². The lowest BCUT2D eigenvalue weighted by Crippen LogP contribution is -2.29. The van der Waals surface area contributed by atoms with E-state index in [1.165, 1.54) is 30.4 Å². The van der Waals surface area contributed by atoms with Crippen LogP contribution in [0.1, 0.15) is 57.2 Å². The molecule has 0 heterocycles. The third-order valence-corrected chi connectivity index (χ3v) is 4.07. The molecule has 1 saturated carbocycles. The Labute approximate surface area is 106 Å². The highest BCUT2D eigenvalue weighted by Gasteiger charge is 2.27. The highest BCUT2D eigenvalue weighted by atomic mass is 14.9. The van der Waals surface area contributed by atoms with E-state index in [-0.39, 0.29) is 5.41 Å². The normalized spacial score (nSPS) is 18.8. The molecule has 0 bridgehead atoms. The number of rotatable bonds is 3. The van der Waals surface area contributed by atoms with Crippen molar-refractivity contribution < 1.29 is 0 Å². The van der Waals surface area contributed by atoms with E-state index >= 15 is 0 Å². The highest BCUT2D eigenvalue weighted by molar-refractivity contribution is 5.29. The van der Waals surface area contributed by atoms with Crippen molar-refractivity contribution in [1.82, 2.24) is 5.32 Å². The molecule has 1 aliphatic rings. The summed E-state index contributed by atoms with van der Waals surface area (Å²) < 4.78 is 0.